The third kappa shape index (κ3) is 3.28. The van der Waals surface area contributed by atoms with Crippen molar-refractivity contribution in [2.45, 2.75) is 19.0 Å². The zero-order valence-electron chi connectivity index (χ0n) is 13.4. The van der Waals surface area contributed by atoms with Crippen LogP contribution in [0.5, 0.6) is 0 Å². The number of hydrogen-bond acceptors (Lipinski definition) is 6. The SMILES string of the molecule is c1cc(NC2CCNC2)c(NCc2ccc3nccnc3c2)cn1. The second-order valence-electron chi connectivity index (χ2n) is 5.99. The van der Waals surface area contributed by atoms with Gasteiger partial charge in [-0.3, -0.25) is 15.0 Å². The molecule has 1 unspecified atom stereocenters. The molecular formula is C18H20N6. The number of fused-ring (bicyclic) bond motifs is 1. The van der Waals surface area contributed by atoms with Gasteiger partial charge in [0.1, 0.15) is 0 Å². The van der Waals surface area contributed by atoms with E-state index in [-0.39, 0.29) is 0 Å². The average Bonchev–Trinajstić information content (AvgIpc) is 3.14. The van der Waals surface area contributed by atoms with Gasteiger partial charge >= 0.3 is 0 Å². The summed E-state index contributed by atoms with van der Waals surface area (Å²) >= 11 is 0. The second-order valence-corrected chi connectivity index (χ2v) is 5.99. The number of hydrogen-bond donors (Lipinski definition) is 3. The molecule has 0 bridgehead atoms. The highest BCUT2D eigenvalue weighted by Gasteiger charge is 2.15. The van der Waals surface area contributed by atoms with Crippen LogP contribution >= 0.6 is 0 Å². The van der Waals surface area contributed by atoms with Crippen LogP contribution < -0.4 is 16.0 Å². The first-order chi connectivity index (χ1) is 11.9. The predicted molar refractivity (Wildman–Crippen MR) is 96.0 cm³/mol. The molecule has 3 heterocycles. The molecule has 4 rings (SSSR count). The number of aromatic nitrogens is 3. The van der Waals surface area contributed by atoms with E-state index >= 15 is 0 Å². The van der Waals surface area contributed by atoms with Crippen molar-refractivity contribution in [2.75, 3.05) is 23.7 Å². The van der Waals surface area contributed by atoms with E-state index in [1.54, 1.807) is 12.4 Å². The molecule has 0 radical (unpaired) electrons. The number of nitrogens with zero attached hydrogens (tertiary/aromatic N) is 3. The summed E-state index contributed by atoms with van der Waals surface area (Å²) < 4.78 is 0. The van der Waals surface area contributed by atoms with Crippen molar-refractivity contribution < 1.29 is 0 Å². The van der Waals surface area contributed by atoms with Gasteiger partial charge in [0.15, 0.2) is 0 Å². The zero-order valence-corrected chi connectivity index (χ0v) is 13.4. The van der Waals surface area contributed by atoms with Crippen LogP contribution in [0.15, 0.2) is 49.1 Å². The Morgan fingerprint density at radius 2 is 1.96 bits per heavy atom. The summed E-state index contributed by atoms with van der Waals surface area (Å²) in [5.41, 5.74) is 5.11. The lowest BCUT2D eigenvalue weighted by Gasteiger charge is -2.17. The largest absolute Gasteiger partial charge is 0.379 e. The highest BCUT2D eigenvalue weighted by atomic mass is 15.1. The molecule has 6 nitrogen and oxygen atoms in total. The molecule has 0 amide bonds. The van der Waals surface area contributed by atoms with Crippen LogP contribution in [0.3, 0.4) is 0 Å². The van der Waals surface area contributed by atoms with Gasteiger partial charge in [0.2, 0.25) is 0 Å². The number of nitrogens with one attached hydrogen (secondary N) is 3. The van der Waals surface area contributed by atoms with E-state index in [1.807, 2.05) is 24.5 Å². The molecule has 0 aliphatic carbocycles. The number of rotatable bonds is 5. The Morgan fingerprint density at radius 1 is 1.04 bits per heavy atom. The van der Waals surface area contributed by atoms with Gasteiger partial charge in [-0.05, 0) is 36.7 Å². The first kappa shape index (κ1) is 14.8. The van der Waals surface area contributed by atoms with E-state index in [4.69, 9.17) is 0 Å². The van der Waals surface area contributed by atoms with Crippen molar-refractivity contribution in [3.05, 3.63) is 54.6 Å². The Hall–Kier alpha value is -2.73. The predicted octanol–water partition coefficient (Wildman–Crippen LogP) is 2.41. The summed E-state index contributed by atoms with van der Waals surface area (Å²) in [6, 6.07) is 8.65. The molecule has 2 aromatic heterocycles. The quantitative estimate of drug-likeness (QED) is 0.670. The average molecular weight is 320 g/mol. The lowest BCUT2D eigenvalue weighted by atomic mass is 10.2. The molecule has 1 saturated heterocycles. The van der Waals surface area contributed by atoms with Gasteiger partial charge in [-0.15, -0.1) is 0 Å². The molecule has 122 valence electrons. The lowest BCUT2D eigenvalue weighted by molar-refractivity contribution is 0.793. The van der Waals surface area contributed by atoms with Crippen molar-refractivity contribution >= 4 is 22.4 Å². The minimum absolute atomic E-state index is 0.476. The highest BCUT2D eigenvalue weighted by Crippen LogP contribution is 2.23. The summed E-state index contributed by atoms with van der Waals surface area (Å²) in [4.78, 5) is 12.9. The Bertz CT molecular complexity index is 828. The minimum Gasteiger partial charge on any atom is -0.379 e. The van der Waals surface area contributed by atoms with Crippen molar-refractivity contribution in [3.8, 4) is 0 Å². The molecule has 1 fully saturated rings. The third-order valence-corrected chi connectivity index (χ3v) is 4.26. The van der Waals surface area contributed by atoms with Gasteiger partial charge in [0.25, 0.3) is 0 Å². The Balaban J connectivity index is 1.48. The summed E-state index contributed by atoms with van der Waals surface area (Å²) in [6.07, 6.45) is 8.27. The molecule has 24 heavy (non-hydrogen) atoms. The molecule has 1 aliphatic rings. The smallest absolute Gasteiger partial charge is 0.0890 e. The molecule has 6 heteroatoms. The molecule has 1 aromatic carbocycles. The highest BCUT2D eigenvalue weighted by molar-refractivity contribution is 5.74. The van der Waals surface area contributed by atoms with E-state index in [0.717, 1.165) is 48.5 Å². The fourth-order valence-corrected chi connectivity index (χ4v) is 2.98. The third-order valence-electron chi connectivity index (χ3n) is 4.26. The van der Waals surface area contributed by atoms with Crippen LogP contribution in [0.1, 0.15) is 12.0 Å². The molecule has 3 aromatic rings. The van der Waals surface area contributed by atoms with E-state index in [0.29, 0.717) is 6.04 Å². The van der Waals surface area contributed by atoms with Gasteiger partial charge in [-0.1, -0.05) is 6.07 Å². The Labute approximate surface area is 140 Å². The zero-order chi connectivity index (χ0) is 16.2. The first-order valence-corrected chi connectivity index (χ1v) is 8.23. The van der Waals surface area contributed by atoms with Crippen LogP contribution in [0, 0.1) is 0 Å². The minimum atomic E-state index is 0.476. The van der Waals surface area contributed by atoms with Gasteiger partial charge < -0.3 is 16.0 Å². The molecule has 0 saturated carbocycles. The van der Waals surface area contributed by atoms with Gasteiger partial charge in [-0.25, -0.2) is 0 Å². The molecule has 3 N–H and O–H groups in total. The fourth-order valence-electron chi connectivity index (χ4n) is 2.98. The van der Waals surface area contributed by atoms with E-state index in [1.165, 1.54) is 5.56 Å². The number of benzene rings is 1. The summed E-state index contributed by atoms with van der Waals surface area (Å²) in [5.74, 6) is 0. The maximum atomic E-state index is 4.36. The molecule has 1 atom stereocenters. The lowest BCUT2D eigenvalue weighted by Crippen LogP contribution is -2.22. The van der Waals surface area contributed by atoms with E-state index in [2.05, 4.69) is 43.0 Å². The Morgan fingerprint density at radius 3 is 2.83 bits per heavy atom. The summed E-state index contributed by atoms with van der Waals surface area (Å²) in [6.45, 7) is 2.80. The molecule has 0 spiro atoms. The molecular weight excluding hydrogens is 300 g/mol. The summed E-state index contributed by atoms with van der Waals surface area (Å²) in [7, 11) is 0. The van der Waals surface area contributed by atoms with Crippen LogP contribution in [0.4, 0.5) is 11.4 Å². The number of anilines is 2. The van der Waals surface area contributed by atoms with Crippen LogP contribution in [0.25, 0.3) is 11.0 Å². The maximum Gasteiger partial charge on any atom is 0.0890 e. The number of pyridine rings is 1. The van der Waals surface area contributed by atoms with E-state index in [9.17, 15) is 0 Å². The Kier molecular flexibility index (Phi) is 4.20. The monoisotopic (exact) mass is 320 g/mol. The topological polar surface area (TPSA) is 74.8 Å². The summed E-state index contributed by atoms with van der Waals surface area (Å²) in [5, 5.41) is 10.4. The first-order valence-electron chi connectivity index (χ1n) is 8.23. The maximum absolute atomic E-state index is 4.36. The van der Waals surface area contributed by atoms with Crippen molar-refractivity contribution in [1.29, 1.82) is 0 Å². The second kappa shape index (κ2) is 6.80. The van der Waals surface area contributed by atoms with Gasteiger partial charge in [-0.2, -0.15) is 0 Å². The van der Waals surface area contributed by atoms with Crippen LogP contribution in [-0.2, 0) is 6.54 Å². The van der Waals surface area contributed by atoms with Crippen molar-refractivity contribution in [1.82, 2.24) is 20.3 Å². The van der Waals surface area contributed by atoms with Crippen molar-refractivity contribution in [3.63, 3.8) is 0 Å². The van der Waals surface area contributed by atoms with Gasteiger partial charge in [0.05, 0.1) is 28.6 Å². The van der Waals surface area contributed by atoms with Crippen LogP contribution in [-0.4, -0.2) is 34.1 Å². The van der Waals surface area contributed by atoms with Gasteiger partial charge in [0, 0.05) is 37.7 Å². The van der Waals surface area contributed by atoms with Crippen LogP contribution in [0.2, 0.25) is 0 Å². The van der Waals surface area contributed by atoms with E-state index < -0.39 is 0 Å². The fraction of sp³-hybridized carbons (Fsp3) is 0.278. The van der Waals surface area contributed by atoms with Crippen molar-refractivity contribution in [2.24, 2.45) is 0 Å². The normalized spacial score (nSPS) is 17.1. The molecule has 1 aliphatic heterocycles. The standard InChI is InChI=1S/C18H20N6/c1-2-15-17(22-8-7-21-15)9-13(1)10-23-18-12-20-6-4-16(18)24-14-3-5-19-11-14/h1-2,4,6-9,12,14,19,23H,3,5,10-11H2,(H,20,24).